The minimum atomic E-state index is -0.258. The minimum absolute atomic E-state index is 0.105. The van der Waals surface area contributed by atoms with Crippen LogP contribution in [0, 0.1) is 5.82 Å². The molecule has 0 saturated heterocycles. The first-order valence-electron chi connectivity index (χ1n) is 5.13. The molecule has 90 valence electrons. The third-order valence-electron chi connectivity index (χ3n) is 2.58. The second kappa shape index (κ2) is 5.44. The number of hydrazine groups is 1. The van der Waals surface area contributed by atoms with Crippen LogP contribution in [0.4, 0.5) is 4.39 Å². The van der Waals surface area contributed by atoms with Gasteiger partial charge < -0.3 is 4.42 Å². The molecule has 0 amide bonds. The monoisotopic (exact) mass is 298 g/mol. The lowest BCUT2D eigenvalue weighted by molar-refractivity contribution is 0.523. The maximum absolute atomic E-state index is 13.2. The van der Waals surface area contributed by atoms with Crippen molar-refractivity contribution < 1.29 is 8.81 Å². The fraction of sp³-hybridized carbons (Fsp3) is 0.167. The average molecular weight is 299 g/mol. The zero-order chi connectivity index (χ0) is 12.3. The number of nitrogens with two attached hydrogens (primary N) is 1. The predicted octanol–water partition coefficient (Wildman–Crippen LogP) is 2.93. The zero-order valence-corrected chi connectivity index (χ0v) is 10.6. The van der Waals surface area contributed by atoms with Crippen molar-refractivity contribution in [3.05, 3.63) is 58.2 Å². The number of hydrogen-bond donors (Lipinski definition) is 2. The molecule has 0 aliphatic heterocycles. The zero-order valence-electron chi connectivity index (χ0n) is 8.99. The summed E-state index contributed by atoms with van der Waals surface area (Å²) < 4.78 is 19.0. The Morgan fingerprint density at radius 2 is 2.24 bits per heavy atom. The largest absolute Gasteiger partial charge is 0.472 e. The van der Waals surface area contributed by atoms with E-state index in [1.54, 1.807) is 18.6 Å². The van der Waals surface area contributed by atoms with Crippen LogP contribution >= 0.6 is 15.9 Å². The van der Waals surface area contributed by atoms with Gasteiger partial charge in [-0.05, 0) is 36.2 Å². The molecule has 17 heavy (non-hydrogen) atoms. The van der Waals surface area contributed by atoms with Crippen molar-refractivity contribution in [1.82, 2.24) is 5.43 Å². The van der Waals surface area contributed by atoms with Crippen molar-refractivity contribution in [2.75, 3.05) is 0 Å². The summed E-state index contributed by atoms with van der Waals surface area (Å²) in [6.07, 6.45) is 3.78. The first kappa shape index (κ1) is 12.3. The Hall–Kier alpha value is -1.17. The van der Waals surface area contributed by atoms with Gasteiger partial charge in [-0.3, -0.25) is 11.3 Å². The quantitative estimate of drug-likeness (QED) is 0.674. The molecule has 3 N–H and O–H groups in total. The van der Waals surface area contributed by atoms with E-state index in [9.17, 15) is 4.39 Å². The molecule has 2 rings (SSSR count). The van der Waals surface area contributed by atoms with Crippen molar-refractivity contribution in [2.24, 2.45) is 5.84 Å². The van der Waals surface area contributed by atoms with E-state index < -0.39 is 0 Å². The molecule has 1 unspecified atom stereocenters. The van der Waals surface area contributed by atoms with Crippen LogP contribution in [-0.4, -0.2) is 0 Å². The molecule has 0 aliphatic rings. The van der Waals surface area contributed by atoms with Gasteiger partial charge in [-0.15, -0.1) is 0 Å². The Morgan fingerprint density at radius 1 is 1.41 bits per heavy atom. The van der Waals surface area contributed by atoms with Crippen LogP contribution in [0.2, 0.25) is 0 Å². The number of halogens is 2. The summed E-state index contributed by atoms with van der Waals surface area (Å²) in [4.78, 5) is 0. The number of furan rings is 1. The first-order chi connectivity index (χ1) is 8.20. The molecule has 2 aromatic rings. The maximum atomic E-state index is 13.2. The summed E-state index contributed by atoms with van der Waals surface area (Å²) in [7, 11) is 0. The highest BCUT2D eigenvalue weighted by Gasteiger charge is 2.13. The van der Waals surface area contributed by atoms with E-state index in [0.29, 0.717) is 6.42 Å². The number of benzene rings is 1. The van der Waals surface area contributed by atoms with Crippen molar-refractivity contribution in [3.63, 3.8) is 0 Å². The van der Waals surface area contributed by atoms with Crippen molar-refractivity contribution in [3.8, 4) is 0 Å². The van der Waals surface area contributed by atoms with E-state index in [-0.39, 0.29) is 11.9 Å². The van der Waals surface area contributed by atoms with Gasteiger partial charge in [0.1, 0.15) is 5.82 Å². The van der Waals surface area contributed by atoms with Crippen LogP contribution in [0.5, 0.6) is 0 Å². The standard InChI is InChI=1S/C12H12BrFN2O/c13-11-2-1-10(14)5-9(11)6-12(16-15)8-3-4-17-7-8/h1-5,7,12,16H,6,15H2. The lowest BCUT2D eigenvalue weighted by Crippen LogP contribution is -2.29. The van der Waals surface area contributed by atoms with Gasteiger partial charge >= 0.3 is 0 Å². The molecule has 0 spiro atoms. The lowest BCUT2D eigenvalue weighted by Gasteiger charge is -2.15. The van der Waals surface area contributed by atoms with Gasteiger partial charge in [0.25, 0.3) is 0 Å². The smallest absolute Gasteiger partial charge is 0.123 e. The predicted molar refractivity (Wildman–Crippen MR) is 66.6 cm³/mol. The molecule has 1 aromatic heterocycles. The van der Waals surface area contributed by atoms with E-state index in [1.807, 2.05) is 6.07 Å². The van der Waals surface area contributed by atoms with Crippen LogP contribution in [0.25, 0.3) is 0 Å². The Balaban J connectivity index is 2.21. The second-order valence-corrected chi connectivity index (χ2v) is 4.57. The van der Waals surface area contributed by atoms with Gasteiger partial charge in [-0.2, -0.15) is 0 Å². The van der Waals surface area contributed by atoms with Gasteiger partial charge in [0, 0.05) is 10.0 Å². The van der Waals surface area contributed by atoms with Crippen LogP contribution in [0.15, 0.2) is 45.7 Å². The molecule has 5 heteroatoms. The van der Waals surface area contributed by atoms with E-state index >= 15 is 0 Å². The fourth-order valence-electron chi connectivity index (χ4n) is 1.67. The normalized spacial score (nSPS) is 12.6. The fourth-order valence-corrected chi connectivity index (χ4v) is 2.07. The molecule has 0 saturated carbocycles. The molecule has 0 bridgehead atoms. The van der Waals surface area contributed by atoms with Crippen molar-refractivity contribution >= 4 is 15.9 Å². The molecule has 0 fully saturated rings. The molecule has 0 aliphatic carbocycles. The number of rotatable bonds is 4. The third kappa shape index (κ3) is 2.94. The van der Waals surface area contributed by atoms with Gasteiger partial charge in [0.05, 0.1) is 18.6 Å². The minimum Gasteiger partial charge on any atom is -0.472 e. The van der Waals surface area contributed by atoms with Gasteiger partial charge in [-0.1, -0.05) is 15.9 Å². The molecule has 1 heterocycles. The summed E-state index contributed by atoms with van der Waals surface area (Å²) in [5.41, 5.74) is 4.49. The molecular formula is C12H12BrFN2O. The molecule has 1 aromatic carbocycles. The van der Waals surface area contributed by atoms with Gasteiger partial charge in [0.2, 0.25) is 0 Å². The number of nitrogens with one attached hydrogen (secondary N) is 1. The summed E-state index contributed by atoms with van der Waals surface area (Å²) >= 11 is 3.39. The van der Waals surface area contributed by atoms with Crippen LogP contribution in [-0.2, 0) is 6.42 Å². The molecule has 1 atom stereocenters. The number of hydrogen-bond acceptors (Lipinski definition) is 3. The summed E-state index contributed by atoms with van der Waals surface area (Å²) in [6, 6.07) is 6.32. The van der Waals surface area contributed by atoms with Crippen LogP contribution in [0.3, 0.4) is 0 Å². The SMILES string of the molecule is NNC(Cc1cc(F)ccc1Br)c1ccoc1. The highest BCUT2D eigenvalue weighted by Crippen LogP contribution is 2.24. The Morgan fingerprint density at radius 3 is 2.88 bits per heavy atom. The van der Waals surface area contributed by atoms with Crippen LogP contribution in [0.1, 0.15) is 17.2 Å². The third-order valence-corrected chi connectivity index (χ3v) is 3.35. The Labute approximate surface area is 107 Å². The van der Waals surface area contributed by atoms with E-state index in [1.165, 1.54) is 12.1 Å². The van der Waals surface area contributed by atoms with E-state index in [4.69, 9.17) is 10.3 Å². The van der Waals surface area contributed by atoms with Crippen LogP contribution < -0.4 is 11.3 Å². The molecule has 3 nitrogen and oxygen atoms in total. The summed E-state index contributed by atoms with van der Waals surface area (Å²) in [6.45, 7) is 0. The highest BCUT2D eigenvalue weighted by molar-refractivity contribution is 9.10. The Kier molecular flexibility index (Phi) is 3.93. The Bertz CT molecular complexity index is 487. The second-order valence-electron chi connectivity index (χ2n) is 3.72. The molecule has 0 radical (unpaired) electrons. The summed E-state index contributed by atoms with van der Waals surface area (Å²) in [5, 5.41) is 0. The van der Waals surface area contributed by atoms with Gasteiger partial charge in [0.15, 0.2) is 0 Å². The molecular weight excluding hydrogens is 287 g/mol. The maximum Gasteiger partial charge on any atom is 0.123 e. The highest BCUT2D eigenvalue weighted by atomic mass is 79.9. The van der Waals surface area contributed by atoms with Gasteiger partial charge in [-0.25, -0.2) is 4.39 Å². The van der Waals surface area contributed by atoms with E-state index in [0.717, 1.165) is 15.6 Å². The lowest BCUT2D eigenvalue weighted by atomic mass is 10.0. The van der Waals surface area contributed by atoms with Crippen molar-refractivity contribution in [2.45, 2.75) is 12.5 Å². The van der Waals surface area contributed by atoms with E-state index in [2.05, 4.69) is 21.4 Å². The first-order valence-corrected chi connectivity index (χ1v) is 5.92. The van der Waals surface area contributed by atoms with Crippen molar-refractivity contribution in [1.29, 1.82) is 0 Å². The summed E-state index contributed by atoms with van der Waals surface area (Å²) in [5.74, 6) is 5.24. The topological polar surface area (TPSA) is 51.2 Å². The average Bonchev–Trinajstić information content (AvgIpc) is 2.84.